The van der Waals surface area contributed by atoms with E-state index < -0.39 is 0 Å². The van der Waals surface area contributed by atoms with Crippen molar-refractivity contribution in [1.29, 1.82) is 0 Å². The van der Waals surface area contributed by atoms with E-state index in [0.717, 1.165) is 33.4 Å². The summed E-state index contributed by atoms with van der Waals surface area (Å²) >= 11 is 0. The standard InChI is InChI=1S/C52H37N3/c1-5-16-36(17-6-1)38-28-30-39(31-29-38)49-53-50(41-21-15-20-40(34-41)37-18-7-2-8-19-37)55-51(54-49)42-32-33-48-46(35-42)45-26-13-14-27-47(45)52(48,43-22-9-3-10-23-43)44-24-11-4-12-25-44/h1-35,46,48H. The minimum atomic E-state index is -0.351. The van der Waals surface area contributed by atoms with E-state index in [1.54, 1.807) is 0 Å². The molecule has 1 heterocycles. The zero-order chi connectivity index (χ0) is 36.6. The normalized spacial score (nSPS) is 16.5. The molecule has 260 valence electrons. The Kier molecular flexibility index (Phi) is 8.18. The molecule has 0 saturated carbocycles. The molecule has 0 saturated heterocycles. The number of hydrogen-bond acceptors (Lipinski definition) is 3. The van der Waals surface area contributed by atoms with Crippen molar-refractivity contribution in [1.82, 2.24) is 15.0 Å². The van der Waals surface area contributed by atoms with Crippen molar-refractivity contribution in [3.63, 3.8) is 0 Å². The SMILES string of the molecule is C1=CC2C(C=C1c1nc(-c3ccc(-c4ccccc4)cc3)nc(-c3cccc(-c4ccccc4)c3)n1)c1ccccc1C2(c1ccccc1)c1ccccc1. The summed E-state index contributed by atoms with van der Waals surface area (Å²) < 4.78 is 0. The molecule has 3 nitrogen and oxygen atoms in total. The molecule has 0 bridgehead atoms. The van der Waals surface area contributed by atoms with Crippen LogP contribution in [-0.4, -0.2) is 15.0 Å². The maximum absolute atomic E-state index is 5.23. The second-order valence-corrected chi connectivity index (χ2v) is 14.4. The first-order valence-corrected chi connectivity index (χ1v) is 18.9. The minimum Gasteiger partial charge on any atom is -0.208 e. The number of benzene rings is 7. The highest BCUT2D eigenvalue weighted by Crippen LogP contribution is 2.60. The number of nitrogens with zero attached hydrogens (tertiary/aromatic N) is 3. The van der Waals surface area contributed by atoms with E-state index in [4.69, 9.17) is 15.0 Å². The Balaban J connectivity index is 1.12. The van der Waals surface area contributed by atoms with Gasteiger partial charge in [0.2, 0.25) is 0 Å². The van der Waals surface area contributed by atoms with Crippen LogP contribution in [0.25, 0.3) is 50.6 Å². The van der Waals surface area contributed by atoms with Crippen molar-refractivity contribution >= 4 is 5.57 Å². The van der Waals surface area contributed by atoms with Gasteiger partial charge in [0.25, 0.3) is 0 Å². The lowest BCUT2D eigenvalue weighted by atomic mass is 9.63. The minimum absolute atomic E-state index is 0.117. The summed E-state index contributed by atoms with van der Waals surface area (Å²) in [7, 11) is 0. The molecule has 0 spiro atoms. The van der Waals surface area contributed by atoms with Gasteiger partial charge in [-0.1, -0.05) is 206 Å². The Morgan fingerprint density at radius 2 is 0.855 bits per heavy atom. The molecule has 55 heavy (non-hydrogen) atoms. The third kappa shape index (κ3) is 5.73. The van der Waals surface area contributed by atoms with Gasteiger partial charge in [0, 0.05) is 28.5 Å². The van der Waals surface area contributed by atoms with Crippen molar-refractivity contribution in [3.8, 4) is 45.0 Å². The second-order valence-electron chi connectivity index (χ2n) is 14.4. The van der Waals surface area contributed by atoms with E-state index in [9.17, 15) is 0 Å². The van der Waals surface area contributed by atoms with Gasteiger partial charge in [-0.2, -0.15) is 0 Å². The van der Waals surface area contributed by atoms with E-state index in [2.05, 4.69) is 200 Å². The third-order valence-electron chi connectivity index (χ3n) is 11.3. The summed E-state index contributed by atoms with van der Waals surface area (Å²) in [6.07, 6.45) is 7.06. The lowest BCUT2D eigenvalue weighted by molar-refractivity contribution is 0.457. The molecule has 8 aromatic rings. The lowest BCUT2D eigenvalue weighted by Crippen LogP contribution is -2.35. The molecule has 0 radical (unpaired) electrons. The van der Waals surface area contributed by atoms with E-state index >= 15 is 0 Å². The van der Waals surface area contributed by atoms with Crippen LogP contribution >= 0.6 is 0 Å². The third-order valence-corrected chi connectivity index (χ3v) is 11.3. The van der Waals surface area contributed by atoms with Crippen LogP contribution in [0.4, 0.5) is 0 Å². The average molecular weight is 704 g/mol. The molecule has 1 aromatic heterocycles. The average Bonchev–Trinajstić information content (AvgIpc) is 3.58. The van der Waals surface area contributed by atoms with Crippen LogP contribution in [0.5, 0.6) is 0 Å². The molecular weight excluding hydrogens is 667 g/mol. The van der Waals surface area contributed by atoms with E-state index in [0.29, 0.717) is 17.5 Å². The molecule has 2 aliphatic rings. The molecule has 3 heteroatoms. The quantitative estimate of drug-likeness (QED) is 0.166. The summed E-state index contributed by atoms with van der Waals surface area (Å²) in [5.41, 5.74) is 12.4. The number of allylic oxidation sites excluding steroid dienone is 4. The van der Waals surface area contributed by atoms with Crippen LogP contribution in [0.3, 0.4) is 0 Å². The zero-order valence-corrected chi connectivity index (χ0v) is 30.2. The van der Waals surface area contributed by atoms with Crippen molar-refractivity contribution in [2.75, 3.05) is 0 Å². The molecule has 0 fully saturated rings. The van der Waals surface area contributed by atoms with E-state index in [-0.39, 0.29) is 17.3 Å². The Hall–Kier alpha value is -6.97. The van der Waals surface area contributed by atoms with Crippen LogP contribution < -0.4 is 0 Å². The first-order valence-electron chi connectivity index (χ1n) is 18.9. The van der Waals surface area contributed by atoms with Gasteiger partial charge in [-0.05, 0) is 50.6 Å². The van der Waals surface area contributed by atoms with Gasteiger partial charge in [-0.3, -0.25) is 0 Å². The summed E-state index contributed by atoms with van der Waals surface area (Å²) in [6.45, 7) is 0. The predicted molar refractivity (Wildman–Crippen MR) is 224 cm³/mol. The topological polar surface area (TPSA) is 38.7 Å². The fourth-order valence-electron chi connectivity index (χ4n) is 8.79. The highest BCUT2D eigenvalue weighted by Gasteiger charge is 2.53. The first kappa shape index (κ1) is 32.7. The molecule has 2 unspecified atom stereocenters. The van der Waals surface area contributed by atoms with Crippen molar-refractivity contribution < 1.29 is 0 Å². The Morgan fingerprint density at radius 1 is 0.382 bits per heavy atom. The van der Waals surface area contributed by atoms with E-state index in [1.165, 1.54) is 27.8 Å². The van der Waals surface area contributed by atoms with E-state index in [1.807, 2.05) is 12.1 Å². The molecule has 0 N–H and O–H groups in total. The molecule has 10 rings (SSSR count). The highest BCUT2D eigenvalue weighted by molar-refractivity contribution is 5.78. The Morgan fingerprint density at radius 3 is 1.51 bits per heavy atom. The molecule has 2 atom stereocenters. The van der Waals surface area contributed by atoms with Gasteiger partial charge >= 0.3 is 0 Å². The van der Waals surface area contributed by atoms with Crippen molar-refractivity contribution in [3.05, 3.63) is 240 Å². The van der Waals surface area contributed by atoms with Crippen molar-refractivity contribution in [2.45, 2.75) is 11.3 Å². The van der Waals surface area contributed by atoms with Gasteiger partial charge in [0.1, 0.15) is 0 Å². The molecule has 2 aliphatic carbocycles. The number of rotatable bonds is 7. The largest absolute Gasteiger partial charge is 0.208 e. The molecule has 7 aromatic carbocycles. The number of fused-ring (bicyclic) bond motifs is 3. The van der Waals surface area contributed by atoms with Gasteiger partial charge in [-0.15, -0.1) is 0 Å². The molecule has 0 aliphatic heterocycles. The summed E-state index contributed by atoms with van der Waals surface area (Å²) in [5.74, 6) is 2.24. The monoisotopic (exact) mass is 703 g/mol. The molecule has 0 amide bonds. The highest BCUT2D eigenvalue weighted by atomic mass is 15.0. The van der Waals surface area contributed by atoms with Gasteiger partial charge < -0.3 is 0 Å². The van der Waals surface area contributed by atoms with Gasteiger partial charge in [-0.25, -0.2) is 15.0 Å². The van der Waals surface area contributed by atoms with Gasteiger partial charge in [0.05, 0.1) is 5.41 Å². The van der Waals surface area contributed by atoms with Crippen LogP contribution in [0, 0.1) is 5.92 Å². The Bertz CT molecular complexity index is 2640. The van der Waals surface area contributed by atoms with Crippen LogP contribution in [0.15, 0.2) is 212 Å². The summed E-state index contributed by atoms with van der Waals surface area (Å²) in [6, 6.07) is 68.9. The lowest BCUT2D eigenvalue weighted by Gasteiger charge is -2.39. The molecular formula is C52H37N3. The summed E-state index contributed by atoms with van der Waals surface area (Å²) in [4.78, 5) is 15.6. The Labute approximate surface area is 322 Å². The zero-order valence-electron chi connectivity index (χ0n) is 30.2. The number of aromatic nitrogens is 3. The predicted octanol–water partition coefficient (Wildman–Crippen LogP) is 12.2. The fraction of sp³-hybridized carbons (Fsp3) is 0.0577. The van der Waals surface area contributed by atoms with Crippen LogP contribution in [0.1, 0.15) is 34.0 Å². The van der Waals surface area contributed by atoms with Crippen molar-refractivity contribution in [2.24, 2.45) is 5.92 Å². The van der Waals surface area contributed by atoms with Crippen LogP contribution in [0.2, 0.25) is 0 Å². The smallest absolute Gasteiger partial charge is 0.164 e. The fourth-order valence-corrected chi connectivity index (χ4v) is 8.79. The first-order chi connectivity index (χ1) is 27.3. The number of hydrogen-bond donors (Lipinski definition) is 0. The summed E-state index contributed by atoms with van der Waals surface area (Å²) in [5, 5.41) is 0. The van der Waals surface area contributed by atoms with Gasteiger partial charge in [0.15, 0.2) is 17.5 Å². The maximum Gasteiger partial charge on any atom is 0.164 e. The maximum atomic E-state index is 5.23. The van der Waals surface area contributed by atoms with Crippen LogP contribution in [-0.2, 0) is 5.41 Å². The second kappa shape index (κ2) is 13.8.